The van der Waals surface area contributed by atoms with Crippen LogP contribution in [0.1, 0.15) is 12.5 Å². The van der Waals surface area contributed by atoms with Crippen LogP contribution in [0.5, 0.6) is 0 Å². The second kappa shape index (κ2) is 7.58. The summed E-state index contributed by atoms with van der Waals surface area (Å²) in [6.45, 7) is 5.27. The number of esters is 1. The quantitative estimate of drug-likeness (QED) is 0.742. The average molecular weight is 267 g/mol. The fourth-order valence-electron chi connectivity index (χ4n) is 1.74. The molecule has 0 spiro atoms. The maximum atomic E-state index is 11.6. The van der Waals surface area contributed by atoms with E-state index >= 15 is 0 Å². The molecule has 1 aromatic heterocycles. The zero-order chi connectivity index (χ0) is 14.3. The van der Waals surface area contributed by atoms with Gasteiger partial charge in [-0.25, -0.2) is 4.98 Å². The second-order valence-corrected chi connectivity index (χ2v) is 4.13. The van der Waals surface area contributed by atoms with E-state index in [1.165, 1.54) is 0 Å². The third-order valence-electron chi connectivity index (χ3n) is 2.56. The van der Waals surface area contributed by atoms with E-state index in [-0.39, 0.29) is 12.5 Å². The first-order valence-electron chi connectivity index (χ1n) is 6.20. The normalized spacial score (nSPS) is 10.3. The van der Waals surface area contributed by atoms with Crippen LogP contribution in [0.25, 0.3) is 0 Å². The summed E-state index contributed by atoms with van der Waals surface area (Å²) >= 11 is 0. The van der Waals surface area contributed by atoms with Crippen LogP contribution in [-0.2, 0) is 14.3 Å². The smallest absolute Gasteiger partial charge is 0.325 e. The summed E-state index contributed by atoms with van der Waals surface area (Å²) < 4.78 is 10.0. The van der Waals surface area contributed by atoms with Crippen molar-refractivity contribution in [1.29, 1.82) is 0 Å². The molecule has 0 fully saturated rings. The lowest BCUT2D eigenvalue weighted by molar-refractivity contribution is -0.141. The summed E-state index contributed by atoms with van der Waals surface area (Å²) in [5.74, 6) is 0.441. The van der Waals surface area contributed by atoms with Crippen molar-refractivity contribution in [3.63, 3.8) is 0 Å². The molecule has 1 rings (SSSR count). The highest BCUT2D eigenvalue weighted by Gasteiger charge is 2.15. The zero-order valence-electron chi connectivity index (χ0n) is 11.7. The minimum absolute atomic E-state index is 0.148. The first-order chi connectivity index (χ1) is 9.08. The number of pyridine rings is 1. The molecule has 0 aliphatic rings. The molecular formula is C13H21N3O3. The first kappa shape index (κ1) is 15.2. The van der Waals surface area contributed by atoms with Crippen LogP contribution in [0, 0.1) is 6.92 Å². The average Bonchev–Trinajstić information content (AvgIpc) is 2.35. The molecule has 0 unspecified atom stereocenters. The molecule has 0 saturated carbocycles. The third-order valence-corrected chi connectivity index (χ3v) is 2.56. The molecule has 6 heteroatoms. The number of aromatic nitrogens is 1. The monoisotopic (exact) mass is 267 g/mol. The van der Waals surface area contributed by atoms with Crippen LogP contribution in [-0.4, -0.2) is 44.4 Å². The molecule has 0 aliphatic heterocycles. The molecule has 0 saturated heterocycles. The van der Waals surface area contributed by atoms with Gasteiger partial charge in [-0.3, -0.25) is 4.79 Å². The van der Waals surface area contributed by atoms with E-state index in [0.29, 0.717) is 25.4 Å². The van der Waals surface area contributed by atoms with E-state index in [9.17, 15) is 4.79 Å². The van der Waals surface area contributed by atoms with E-state index in [1.54, 1.807) is 20.2 Å². The number of rotatable bonds is 7. The molecule has 1 aromatic rings. The van der Waals surface area contributed by atoms with Crippen LogP contribution >= 0.6 is 0 Å². The van der Waals surface area contributed by atoms with Gasteiger partial charge in [0.2, 0.25) is 0 Å². The Kier molecular flexibility index (Phi) is 6.08. The fraction of sp³-hybridized carbons (Fsp3) is 0.538. The Morgan fingerprint density at radius 1 is 1.53 bits per heavy atom. The van der Waals surface area contributed by atoms with Crippen LogP contribution < -0.4 is 10.6 Å². The van der Waals surface area contributed by atoms with Crippen molar-refractivity contribution < 1.29 is 14.3 Å². The van der Waals surface area contributed by atoms with Gasteiger partial charge in [0, 0.05) is 13.7 Å². The molecule has 0 radical (unpaired) electrons. The highest BCUT2D eigenvalue weighted by atomic mass is 16.5. The van der Waals surface area contributed by atoms with Gasteiger partial charge in [0.15, 0.2) is 0 Å². The van der Waals surface area contributed by atoms with Gasteiger partial charge in [0.05, 0.1) is 25.1 Å². The van der Waals surface area contributed by atoms with Gasteiger partial charge in [-0.05, 0) is 25.5 Å². The predicted octanol–water partition coefficient (Wildman–Crippen LogP) is 0.988. The number of carbonyl (C=O) groups excluding carboxylic acids is 1. The second-order valence-electron chi connectivity index (χ2n) is 4.13. The zero-order valence-corrected chi connectivity index (χ0v) is 11.7. The summed E-state index contributed by atoms with van der Waals surface area (Å²) in [5.41, 5.74) is 7.20. The molecular weight excluding hydrogens is 246 g/mol. The number of nitrogens with two attached hydrogens (primary N) is 1. The van der Waals surface area contributed by atoms with Crippen molar-refractivity contribution in [3.8, 4) is 0 Å². The third kappa shape index (κ3) is 4.75. The van der Waals surface area contributed by atoms with E-state index in [4.69, 9.17) is 15.2 Å². The lowest BCUT2D eigenvalue weighted by Crippen LogP contribution is -2.34. The molecule has 0 amide bonds. The van der Waals surface area contributed by atoms with Crippen molar-refractivity contribution in [2.75, 3.05) is 44.0 Å². The number of ether oxygens (including phenoxy) is 2. The first-order valence-corrected chi connectivity index (χ1v) is 6.20. The molecule has 1 heterocycles. The van der Waals surface area contributed by atoms with Crippen molar-refractivity contribution >= 4 is 17.5 Å². The molecule has 19 heavy (non-hydrogen) atoms. The molecule has 0 atom stereocenters. The van der Waals surface area contributed by atoms with Gasteiger partial charge in [0.1, 0.15) is 12.4 Å². The van der Waals surface area contributed by atoms with E-state index in [2.05, 4.69) is 4.98 Å². The van der Waals surface area contributed by atoms with Crippen LogP contribution in [0.15, 0.2) is 12.3 Å². The highest BCUT2D eigenvalue weighted by Crippen LogP contribution is 2.18. The summed E-state index contributed by atoms with van der Waals surface area (Å²) in [7, 11) is 1.62. The Labute approximate surface area is 113 Å². The predicted molar refractivity (Wildman–Crippen MR) is 74.1 cm³/mol. The van der Waals surface area contributed by atoms with Gasteiger partial charge in [-0.2, -0.15) is 0 Å². The van der Waals surface area contributed by atoms with Crippen molar-refractivity contribution in [1.82, 2.24) is 4.98 Å². The van der Waals surface area contributed by atoms with Crippen LogP contribution in [0.3, 0.4) is 0 Å². The minimum Gasteiger partial charge on any atom is -0.465 e. The number of aryl methyl sites for hydroxylation is 1. The number of hydrogen-bond donors (Lipinski definition) is 1. The number of carbonyl (C=O) groups is 1. The lowest BCUT2D eigenvalue weighted by atomic mass is 10.2. The number of anilines is 2. The molecule has 106 valence electrons. The van der Waals surface area contributed by atoms with Crippen molar-refractivity contribution in [2.45, 2.75) is 13.8 Å². The van der Waals surface area contributed by atoms with E-state index in [0.717, 1.165) is 11.4 Å². The minimum atomic E-state index is -0.281. The molecule has 0 aromatic carbocycles. The number of hydrogen-bond acceptors (Lipinski definition) is 6. The molecule has 0 aliphatic carbocycles. The lowest BCUT2D eigenvalue weighted by Gasteiger charge is -2.24. The van der Waals surface area contributed by atoms with Crippen molar-refractivity contribution in [2.24, 2.45) is 0 Å². The maximum Gasteiger partial charge on any atom is 0.325 e. The fourth-order valence-corrected chi connectivity index (χ4v) is 1.74. The molecule has 6 nitrogen and oxygen atoms in total. The van der Waals surface area contributed by atoms with Crippen molar-refractivity contribution in [3.05, 3.63) is 17.8 Å². The molecule has 0 bridgehead atoms. The Morgan fingerprint density at radius 2 is 2.26 bits per heavy atom. The highest BCUT2D eigenvalue weighted by molar-refractivity contribution is 5.75. The Balaban J connectivity index is 2.85. The van der Waals surface area contributed by atoms with Gasteiger partial charge in [0.25, 0.3) is 0 Å². The number of methoxy groups -OCH3 is 1. The summed E-state index contributed by atoms with van der Waals surface area (Å²) in [6.07, 6.45) is 1.58. The van der Waals surface area contributed by atoms with E-state index < -0.39 is 0 Å². The number of nitrogen functional groups attached to an aromatic ring is 1. The van der Waals surface area contributed by atoms with E-state index in [1.807, 2.05) is 17.9 Å². The largest absolute Gasteiger partial charge is 0.465 e. The SMILES string of the molecule is CCOC(=O)CN(CCOC)c1ncc(N)cc1C. The Morgan fingerprint density at radius 3 is 2.84 bits per heavy atom. The Hall–Kier alpha value is -1.82. The maximum absolute atomic E-state index is 11.6. The standard InChI is InChI=1S/C13H21N3O3/c1-4-19-12(17)9-16(5-6-18-3)13-10(2)7-11(14)8-15-13/h7-8H,4-6,9,14H2,1-3H3. The van der Waals surface area contributed by atoms with Gasteiger partial charge in [-0.15, -0.1) is 0 Å². The van der Waals surface area contributed by atoms with Gasteiger partial charge in [-0.1, -0.05) is 0 Å². The van der Waals surface area contributed by atoms with Crippen LogP contribution in [0.2, 0.25) is 0 Å². The summed E-state index contributed by atoms with van der Waals surface area (Å²) in [6, 6.07) is 1.83. The molecule has 2 N–H and O–H groups in total. The van der Waals surface area contributed by atoms with Gasteiger partial charge >= 0.3 is 5.97 Å². The summed E-state index contributed by atoms with van der Waals surface area (Å²) in [4.78, 5) is 17.7. The topological polar surface area (TPSA) is 77.7 Å². The summed E-state index contributed by atoms with van der Waals surface area (Å²) in [5, 5.41) is 0. The van der Waals surface area contributed by atoms with Gasteiger partial charge < -0.3 is 20.1 Å². The van der Waals surface area contributed by atoms with Crippen LogP contribution in [0.4, 0.5) is 11.5 Å². The number of nitrogens with zero attached hydrogens (tertiary/aromatic N) is 2. The Bertz CT molecular complexity index is 424.